The number of aliphatic hydroxyl groups excluding tert-OH is 1. The third-order valence-electron chi connectivity index (χ3n) is 2.09. The van der Waals surface area contributed by atoms with Gasteiger partial charge >= 0.3 is 0 Å². The molecule has 0 aromatic heterocycles. The quantitative estimate of drug-likeness (QED) is 0.847. The van der Waals surface area contributed by atoms with Gasteiger partial charge in [-0.3, -0.25) is 0 Å². The van der Waals surface area contributed by atoms with Gasteiger partial charge < -0.3 is 15.2 Å². The van der Waals surface area contributed by atoms with Crippen LogP contribution in [0.15, 0.2) is 22.7 Å². The lowest BCUT2D eigenvalue weighted by Gasteiger charge is -2.15. The molecule has 96 valence electrons. The van der Waals surface area contributed by atoms with Crippen LogP contribution in [0.25, 0.3) is 0 Å². The van der Waals surface area contributed by atoms with Crippen molar-refractivity contribution in [3.8, 4) is 5.75 Å². The van der Waals surface area contributed by atoms with E-state index >= 15 is 0 Å². The number of nitrogens with one attached hydrogen (secondary N) is 1. The van der Waals surface area contributed by atoms with Gasteiger partial charge in [0.05, 0.1) is 4.47 Å². The first-order chi connectivity index (χ1) is 7.99. The summed E-state index contributed by atoms with van der Waals surface area (Å²) in [5.41, 5.74) is 0. The lowest BCUT2D eigenvalue weighted by Crippen LogP contribution is -2.35. The van der Waals surface area contributed by atoms with Gasteiger partial charge in [0.15, 0.2) is 0 Å². The third kappa shape index (κ3) is 5.48. The fraction of sp³-hybridized carbons (Fsp3) is 0.500. The summed E-state index contributed by atoms with van der Waals surface area (Å²) < 4.78 is 18.7. The van der Waals surface area contributed by atoms with Gasteiger partial charge in [0, 0.05) is 12.6 Å². The molecule has 0 spiro atoms. The van der Waals surface area contributed by atoms with Crippen LogP contribution in [0, 0.1) is 5.82 Å². The molecule has 0 saturated carbocycles. The minimum atomic E-state index is -0.589. The number of hydrogen-bond donors (Lipinski definition) is 2. The van der Waals surface area contributed by atoms with Crippen molar-refractivity contribution < 1.29 is 14.2 Å². The monoisotopic (exact) mass is 305 g/mol. The largest absolute Gasteiger partial charge is 0.490 e. The van der Waals surface area contributed by atoms with Crippen LogP contribution in [0.5, 0.6) is 5.75 Å². The summed E-state index contributed by atoms with van der Waals surface area (Å²) in [5, 5.41) is 12.7. The van der Waals surface area contributed by atoms with Crippen molar-refractivity contribution in [1.82, 2.24) is 5.32 Å². The van der Waals surface area contributed by atoms with Gasteiger partial charge in [-0.15, -0.1) is 0 Å². The SMILES string of the molecule is CC(C)NCC(O)COc1ccc(F)cc1Br. The van der Waals surface area contributed by atoms with Gasteiger partial charge in [0.25, 0.3) is 0 Å². The van der Waals surface area contributed by atoms with Crippen molar-refractivity contribution in [3.05, 3.63) is 28.5 Å². The van der Waals surface area contributed by atoms with Gasteiger partial charge in [-0.25, -0.2) is 4.39 Å². The third-order valence-corrected chi connectivity index (χ3v) is 2.71. The fourth-order valence-electron chi connectivity index (χ4n) is 1.21. The molecule has 0 aliphatic rings. The molecule has 5 heteroatoms. The Bertz CT molecular complexity index is 360. The van der Waals surface area contributed by atoms with Crippen molar-refractivity contribution in [3.63, 3.8) is 0 Å². The number of rotatable bonds is 6. The summed E-state index contributed by atoms with van der Waals surface area (Å²) in [6, 6.07) is 4.50. The van der Waals surface area contributed by atoms with E-state index in [0.29, 0.717) is 22.8 Å². The fourth-order valence-corrected chi connectivity index (χ4v) is 1.67. The molecule has 1 rings (SSSR count). The van der Waals surface area contributed by atoms with E-state index in [4.69, 9.17) is 4.74 Å². The molecule has 0 heterocycles. The Morgan fingerprint density at radius 3 is 2.76 bits per heavy atom. The van der Waals surface area contributed by atoms with Crippen LogP contribution >= 0.6 is 15.9 Å². The van der Waals surface area contributed by atoms with Gasteiger partial charge in [-0.05, 0) is 34.1 Å². The van der Waals surface area contributed by atoms with E-state index in [1.54, 1.807) is 0 Å². The normalized spacial score (nSPS) is 12.8. The topological polar surface area (TPSA) is 41.5 Å². The van der Waals surface area contributed by atoms with Crippen LogP contribution in [0.2, 0.25) is 0 Å². The van der Waals surface area contributed by atoms with Crippen LogP contribution < -0.4 is 10.1 Å². The second kappa shape index (κ2) is 6.93. The molecular formula is C12H17BrFNO2. The van der Waals surface area contributed by atoms with Crippen LogP contribution in [-0.2, 0) is 0 Å². The molecule has 0 aliphatic heterocycles. The van der Waals surface area contributed by atoms with Crippen molar-refractivity contribution in [1.29, 1.82) is 0 Å². The summed E-state index contributed by atoms with van der Waals surface area (Å²) >= 11 is 3.20. The van der Waals surface area contributed by atoms with Gasteiger partial charge in [-0.2, -0.15) is 0 Å². The molecule has 0 radical (unpaired) electrons. The average Bonchev–Trinajstić information content (AvgIpc) is 2.25. The molecular weight excluding hydrogens is 289 g/mol. The summed E-state index contributed by atoms with van der Waals surface area (Å²) in [7, 11) is 0. The highest BCUT2D eigenvalue weighted by atomic mass is 79.9. The highest BCUT2D eigenvalue weighted by Gasteiger charge is 2.08. The summed E-state index contributed by atoms with van der Waals surface area (Å²) in [4.78, 5) is 0. The van der Waals surface area contributed by atoms with Crippen molar-refractivity contribution >= 4 is 15.9 Å². The lowest BCUT2D eigenvalue weighted by atomic mass is 10.3. The van der Waals surface area contributed by atoms with Crippen molar-refractivity contribution in [2.24, 2.45) is 0 Å². The second-order valence-corrected chi connectivity index (χ2v) is 4.96. The molecule has 0 aliphatic carbocycles. The summed E-state index contributed by atoms with van der Waals surface area (Å²) in [6.45, 7) is 4.65. The maximum Gasteiger partial charge on any atom is 0.133 e. The minimum Gasteiger partial charge on any atom is -0.490 e. The van der Waals surface area contributed by atoms with E-state index < -0.39 is 6.10 Å². The Hall–Kier alpha value is -0.650. The molecule has 0 bridgehead atoms. The highest BCUT2D eigenvalue weighted by Crippen LogP contribution is 2.25. The standard InChI is InChI=1S/C12H17BrFNO2/c1-8(2)15-6-10(16)7-17-12-4-3-9(14)5-11(12)13/h3-5,8,10,15-16H,6-7H2,1-2H3. The number of halogens is 2. The molecule has 1 aromatic rings. The first-order valence-corrected chi connectivity index (χ1v) is 6.27. The van der Waals surface area contributed by atoms with Gasteiger partial charge in [0.2, 0.25) is 0 Å². The lowest BCUT2D eigenvalue weighted by molar-refractivity contribution is 0.104. The van der Waals surface area contributed by atoms with E-state index in [1.165, 1.54) is 18.2 Å². The van der Waals surface area contributed by atoms with Gasteiger partial charge in [0.1, 0.15) is 24.3 Å². The Kier molecular flexibility index (Phi) is 5.88. The molecule has 1 aromatic carbocycles. The van der Waals surface area contributed by atoms with E-state index in [-0.39, 0.29) is 12.4 Å². The number of ether oxygens (including phenoxy) is 1. The van der Waals surface area contributed by atoms with Crippen molar-refractivity contribution in [2.45, 2.75) is 26.0 Å². The van der Waals surface area contributed by atoms with Crippen molar-refractivity contribution in [2.75, 3.05) is 13.2 Å². The molecule has 3 nitrogen and oxygen atoms in total. The maximum atomic E-state index is 12.8. The highest BCUT2D eigenvalue weighted by molar-refractivity contribution is 9.10. The number of aliphatic hydroxyl groups is 1. The molecule has 0 fully saturated rings. The predicted molar refractivity (Wildman–Crippen MR) is 68.7 cm³/mol. The van der Waals surface area contributed by atoms with E-state index in [9.17, 15) is 9.50 Å². The minimum absolute atomic E-state index is 0.171. The average molecular weight is 306 g/mol. The zero-order valence-corrected chi connectivity index (χ0v) is 11.5. The molecule has 2 N–H and O–H groups in total. The smallest absolute Gasteiger partial charge is 0.133 e. The van der Waals surface area contributed by atoms with Crippen LogP contribution in [-0.4, -0.2) is 30.4 Å². The van der Waals surface area contributed by atoms with Crippen LogP contribution in [0.3, 0.4) is 0 Å². The maximum absolute atomic E-state index is 12.8. The van der Waals surface area contributed by atoms with Gasteiger partial charge in [-0.1, -0.05) is 13.8 Å². The number of benzene rings is 1. The first kappa shape index (κ1) is 14.4. The summed E-state index contributed by atoms with van der Waals surface area (Å²) in [5.74, 6) is 0.196. The Morgan fingerprint density at radius 2 is 2.18 bits per heavy atom. The Balaban J connectivity index is 2.39. The van der Waals surface area contributed by atoms with Crippen LogP contribution in [0.4, 0.5) is 4.39 Å². The Labute approximate surface area is 109 Å². The molecule has 0 saturated heterocycles. The van der Waals surface area contributed by atoms with E-state index in [0.717, 1.165) is 0 Å². The zero-order chi connectivity index (χ0) is 12.8. The Morgan fingerprint density at radius 1 is 1.47 bits per heavy atom. The zero-order valence-electron chi connectivity index (χ0n) is 9.91. The predicted octanol–water partition coefficient (Wildman–Crippen LogP) is 2.33. The number of hydrogen-bond acceptors (Lipinski definition) is 3. The molecule has 1 atom stereocenters. The second-order valence-electron chi connectivity index (χ2n) is 4.10. The van der Waals surface area contributed by atoms with E-state index in [2.05, 4.69) is 21.2 Å². The van der Waals surface area contributed by atoms with Crippen LogP contribution in [0.1, 0.15) is 13.8 Å². The molecule has 1 unspecified atom stereocenters. The molecule has 0 amide bonds. The summed E-state index contributed by atoms with van der Waals surface area (Å²) in [6.07, 6.45) is -0.589. The van der Waals surface area contributed by atoms with E-state index in [1.807, 2.05) is 13.8 Å². The first-order valence-electron chi connectivity index (χ1n) is 5.48. The molecule has 17 heavy (non-hydrogen) atoms.